The zero-order valence-corrected chi connectivity index (χ0v) is 14.0. The van der Waals surface area contributed by atoms with E-state index in [2.05, 4.69) is 36.8 Å². The molecule has 1 heterocycles. The van der Waals surface area contributed by atoms with E-state index in [-0.39, 0.29) is 5.56 Å². The van der Waals surface area contributed by atoms with E-state index >= 15 is 0 Å². The van der Waals surface area contributed by atoms with E-state index in [0.717, 1.165) is 8.95 Å². The van der Waals surface area contributed by atoms with Gasteiger partial charge in [0, 0.05) is 20.0 Å². The van der Waals surface area contributed by atoms with Gasteiger partial charge in [-0.25, -0.2) is 9.78 Å². The van der Waals surface area contributed by atoms with Crippen molar-refractivity contribution in [3.8, 4) is 0 Å². The van der Waals surface area contributed by atoms with Crippen LogP contribution in [0.4, 0.5) is 0 Å². The number of carbonyl (C=O) groups is 1. The lowest BCUT2D eigenvalue weighted by Crippen LogP contribution is -1.98. The molecule has 0 aliphatic carbocycles. The van der Waals surface area contributed by atoms with Crippen molar-refractivity contribution in [1.29, 1.82) is 0 Å². The average molecular weight is 424 g/mol. The number of nitrogens with zero attached hydrogens (tertiary/aromatic N) is 1. The molecule has 2 aromatic rings. The molecule has 0 saturated carbocycles. The number of hydrogen-bond donors (Lipinski definition) is 1. The van der Waals surface area contributed by atoms with E-state index in [4.69, 9.17) is 16.7 Å². The molecule has 0 spiro atoms. The standard InChI is InChI=1S/C12H6Br2ClNO2S/c13-6-1-2-8(12(17)18)10(4-6)19-11-9(15)3-7(14)5-16-11/h1-5H,(H,17,18). The third-order valence-electron chi connectivity index (χ3n) is 2.15. The molecule has 1 aromatic carbocycles. The van der Waals surface area contributed by atoms with E-state index < -0.39 is 5.97 Å². The van der Waals surface area contributed by atoms with Crippen LogP contribution in [0.1, 0.15) is 10.4 Å². The molecule has 0 saturated heterocycles. The van der Waals surface area contributed by atoms with Crippen LogP contribution in [0.3, 0.4) is 0 Å². The Bertz CT molecular complexity index is 652. The third kappa shape index (κ3) is 3.72. The maximum atomic E-state index is 11.2. The Morgan fingerprint density at radius 3 is 2.63 bits per heavy atom. The Labute approximate surface area is 135 Å². The highest BCUT2D eigenvalue weighted by atomic mass is 79.9. The molecule has 0 bridgehead atoms. The second kappa shape index (κ2) is 6.26. The fourth-order valence-corrected chi connectivity index (χ4v) is 3.52. The van der Waals surface area contributed by atoms with Crippen LogP contribution in [0.5, 0.6) is 0 Å². The summed E-state index contributed by atoms with van der Waals surface area (Å²) < 4.78 is 1.57. The first-order valence-electron chi connectivity index (χ1n) is 4.99. The van der Waals surface area contributed by atoms with Crippen molar-refractivity contribution in [2.24, 2.45) is 0 Å². The molecule has 0 aliphatic heterocycles. The normalized spacial score (nSPS) is 10.5. The average Bonchev–Trinajstić information content (AvgIpc) is 2.32. The van der Waals surface area contributed by atoms with Gasteiger partial charge in [0.25, 0.3) is 0 Å². The van der Waals surface area contributed by atoms with Crippen molar-refractivity contribution in [2.75, 3.05) is 0 Å². The number of carboxylic acid groups (broad SMARTS) is 1. The molecule has 1 N–H and O–H groups in total. The summed E-state index contributed by atoms with van der Waals surface area (Å²) in [7, 11) is 0. The summed E-state index contributed by atoms with van der Waals surface area (Å²) in [4.78, 5) is 15.9. The highest BCUT2D eigenvalue weighted by molar-refractivity contribution is 9.10. The van der Waals surface area contributed by atoms with Crippen LogP contribution in [-0.2, 0) is 0 Å². The predicted molar refractivity (Wildman–Crippen MR) is 82.2 cm³/mol. The summed E-state index contributed by atoms with van der Waals surface area (Å²) >= 11 is 13.9. The van der Waals surface area contributed by atoms with Crippen LogP contribution in [0.2, 0.25) is 5.02 Å². The Morgan fingerprint density at radius 2 is 2.00 bits per heavy atom. The topological polar surface area (TPSA) is 50.2 Å². The van der Waals surface area contributed by atoms with Gasteiger partial charge in [-0.2, -0.15) is 0 Å². The first-order chi connectivity index (χ1) is 8.97. The van der Waals surface area contributed by atoms with E-state index in [0.29, 0.717) is 14.9 Å². The van der Waals surface area contributed by atoms with Crippen LogP contribution in [0.15, 0.2) is 49.3 Å². The van der Waals surface area contributed by atoms with Crippen molar-refractivity contribution < 1.29 is 9.90 Å². The van der Waals surface area contributed by atoms with E-state index in [1.807, 2.05) is 0 Å². The number of pyridine rings is 1. The highest BCUT2D eigenvalue weighted by Crippen LogP contribution is 2.36. The van der Waals surface area contributed by atoms with Gasteiger partial charge in [0.05, 0.1) is 10.6 Å². The molecule has 0 unspecified atom stereocenters. The van der Waals surface area contributed by atoms with Crippen molar-refractivity contribution in [3.05, 3.63) is 50.0 Å². The lowest BCUT2D eigenvalue weighted by molar-refractivity contribution is 0.0693. The summed E-state index contributed by atoms with van der Waals surface area (Å²) in [6.45, 7) is 0. The second-order valence-corrected chi connectivity index (χ2v) is 6.76. The fourth-order valence-electron chi connectivity index (χ4n) is 1.34. The Morgan fingerprint density at radius 1 is 1.26 bits per heavy atom. The van der Waals surface area contributed by atoms with Gasteiger partial charge in [-0.15, -0.1) is 0 Å². The van der Waals surface area contributed by atoms with Gasteiger partial charge in [-0.05, 0) is 40.2 Å². The number of rotatable bonds is 3. The first-order valence-corrected chi connectivity index (χ1v) is 7.77. The van der Waals surface area contributed by atoms with Crippen molar-refractivity contribution in [3.63, 3.8) is 0 Å². The predicted octanol–water partition coefficient (Wildman–Crippen LogP) is 5.11. The SMILES string of the molecule is O=C(O)c1ccc(Br)cc1Sc1ncc(Br)cc1Cl. The Balaban J connectivity index is 2.42. The van der Waals surface area contributed by atoms with E-state index in [1.54, 1.807) is 30.5 Å². The summed E-state index contributed by atoms with van der Waals surface area (Å²) in [5.41, 5.74) is 0.217. The molecule has 1 aromatic heterocycles. The zero-order chi connectivity index (χ0) is 14.0. The van der Waals surface area contributed by atoms with Crippen molar-refractivity contribution >= 4 is 61.2 Å². The Hall–Kier alpha value is -0.560. The quantitative estimate of drug-likeness (QED) is 0.745. The molecule has 0 amide bonds. The second-order valence-electron chi connectivity index (χ2n) is 3.49. The van der Waals surface area contributed by atoms with Gasteiger partial charge in [0.1, 0.15) is 5.03 Å². The number of benzene rings is 1. The molecule has 2 rings (SSSR count). The largest absolute Gasteiger partial charge is 0.478 e. The molecule has 0 fully saturated rings. The van der Waals surface area contributed by atoms with Gasteiger partial charge < -0.3 is 5.11 Å². The number of carboxylic acids is 1. The minimum Gasteiger partial charge on any atom is -0.478 e. The maximum Gasteiger partial charge on any atom is 0.336 e. The van der Waals surface area contributed by atoms with Crippen molar-refractivity contribution in [1.82, 2.24) is 4.98 Å². The minimum atomic E-state index is -0.983. The van der Waals surface area contributed by atoms with E-state index in [9.17, 15) is 4.79 Å². The molecule has 0 radical (unpaired) electrons. The lowest BCUT2D eigenvalue weighted by Gasteiger charge is -2.07. The molecule has 0 atom stereocenters. The number of aromatic nitrogens is 1. The maximum absolute atomic E-state index is 11.2. The third-order valence-corrected chi connectivity index (χ3v) is 4.56. The lowest BCUT2D eigenvalue weighted by atomic mass is 10.2. The van der Waals surface area contributed by atoms with E-state index in [1.165, 1.54) is 11.8 Å². The van der Waals surface area contributed by atoms with Crippen LogP contribution in [0.25, 0.3) is 0 Å². The van der Waals surface area contributed by atoms with Crippen molar-refractivity contribution in [2.45, 2.75) is 9.92 Å². The van der Waals surface area contributed by atoms with Gasteiger partial charge >= 0.3 is 5.97 Å². The van der Waals surface area contributed by atoms with Gasteiger partial charge in [0.15, 0.2) is 0 Å². The first kappa shape index (κ1) is 14.8. The summed E-state index contributed by atoms with van der Waals surface area (Å²) in [6, 6.07) is 6.68. The number of aromatic carboxylic acids is 1. The Kier molecular flexibility index (Phi) is 4.89. The van der Waals surface area contributed by atoms with Crippen LogP contribution >= 0.6 is 55.2 Å². The van der Waals surface area contributed by atoms with Crippen LogP contribution in [0, 0.1) is 0 Å². The van der Waals surface area contributed by atoms with Crippen LogP contribution < -0.4 is 0 Å². The molecule has 7 heteroatoms. The highest BCUT2D eigenvalue weighted by Gasteiger charge is 2.14. The van der Waals surface area contributed by atoms with Gasteiger partial charge in [-0.3, -0.25) is 0 Å². The number of halogens is 3. The monoisotopic (exact) mass is 421 g/mol. The van der Waals surface area contributed by atoms with Crippen LogP contribution in [-0.4, -0.2) is 16.1 Å². The zero-order valence-electron chi connectivity index (χ0n) is 9.23. The summed E-state index contributed by atoms with van der Waals surface area (Å²) in [6.07, 6.45) is 1.62. The smallest absolute Gasteiger partial charge is 0.336 e. The van der Waals surface area contributed by atoms with Gasteiger partial charge in [0.2, 0.25) is 0 Å². The molecular formula is C12H6Br2ClNO2S. The minimum absolute atomic E-state index is 0.217. The number of hydrogen-bond acceptors (Lipinski definition) is 3. The molecule has 3 nitrogen and oxygen atoms in total. The summed E-state index contributed by atoms with van der Waals surface area (Å²) in [5, 5.41) is 10.2. The molecular weight excluding hydrogens is 417 g/mol. The molecule has 19 heavy (non-hydrogen) atoms. The van der Waals surface area contributed by atoms with Gasteiger partial charge in [-0.1, -0.05) is 39.3 Å². The molecule has 0 aliphatic rings. The molecule has 98 valence electrons. The fraction of sp³-hybridized carbons (Fsp3) is 0. The summed E-state index contributed by atoms with van der Waals surface area (Å²) in [5.74, 6) is -0.983.